The van der Waals surface area contributed by atoms with E-state index in [9.17, 15) is 9.59 Å². The van der Waals surface area contributed by atoms with Gasteiger partial charge in [0, 0.05) is 30.7 Å². The quantitative estimate of drug-likeness (QED) is 0.284. The van der Waals surface area contributed by atoms with Gasteiger partial charge in [-0.25, -0.2) is 14.6 Å². The maximum Gasteiger partial charge on any atom is 0.240 e. The van der Waals surface area contributed by atoms with Gasteiger partial charge in [-0.2, -0.15) is 10.1 Å². The van der Waals surface area contributed by atoms with E-state index in [1.165, 1.54) is 30.0 Å². The number of anilines is 2. The molecule has 0 saturated heterocycles. The number of nitrogens with zero attached hydrogens (tertiary/aromatic N) is 6. The van der Waals surface area contributed by atoms with Crippen molar-refractivity contribution < 1.29 is 14.3 Å². The monoisotopic (exact) mass is 524 g/mol. The summed E-state index contributed by atoms with van der Waals surface area (Å²) in [5.41, 5.74) is 10.6. The molecule has 4 aromatic heterocycles. The topological polar surface area (TPSA) is 151 Å². The summed E-state index contributed by atoms with van der Waals surface area (Å²) in [7, 11) is 1.64. The maximum absolute atomic E-state index is 13.1. The SMILES string of the molecule is COc1c(C)cnc(Cn2nc3c4c(nc(N)nc42)SC(C(=O)Nc2nc(C)c(C(C)=O)s2)C3)c1C. The smallest absolute Gasteiger partial charge is 0.240 e. The molecule has 13 heteroatoms. The number of ketones is 1. The molecule has 186 valence electrons. The molecule has 0 aromatic carbocycles. The van der Waals surface area contributed by atoms with Crippen molar-refractivity contribution in [2.45, 2.75) is 50.9 Å². The van der Waals surface area contributed by atoms with Crippen LogP contribution in [-0.2, 0) is 17.8 Å². The first-order valence-corrected chi connectivity index (χ1v) is 12.8. The molecule has 0 bridgehead atoms. The summed E-state index contributed by atoms with van der Waals surface area (Å²) in [5, 5.41) is 8.91. The first kappa shape index (κ1) is 24.1. The number of hydrogen-bond acceptors (Lipinski definition) is 11. The fourth-order valence-electron chi connectivity index (χ4n) is 4.30. The van der Waals surface area contributed by atoms with Crippen molar-refractivity contribution in [1.29, 1.82) is 0 Å². The number of aryl methyl sites for hydroxylation is 2. The minimum atomic E-state index is -0.498. The van der Waals surface area contributed by atoms with Gasteiger partial charge in [-0.1, -0.05) is 23.1 Å². The average Bonchev–Trinajstić information content (AvgIpc) is 3.36. The second-order valence-electron chi connectivity index (χ2n) is 8.53. The highest BCUT2D eigenvalue weighted by molar-refractivity contribution is 8.00. The highest BCUT2D eigenvalue weighted by atomic mass is 32.2. The molecule has 11 nitrogen and oxygen atoms in total. The number of thioether (sulfide) groups is 1. The van der Waals surface area contributed by atoms with Crippen LogP contribution in [0, 0.1) is 20.8 Å². The Balaban J connectivity index is 1.45. The first-order valence-electron chi connectivity index (χ1n) is 11.1. The number of thiazole rings is 1. The van der Waals surface area contributed by atoms with E-state index < -0.39 is 5.25 Å². The summed E-state index contributed by atoms with van der Waals surface area (Å²) < 4.78 is 7.29. The highest BCUT2D eigenvalue weighted by Gasteiger charge is 2.33. The lowest BCUT2D eigenvalue weighted by molar-refractivity contribution is -0.115. The zero-order valence-electron chi connectivity index (χ0n) is 20.4. The van der Waals surface area contributed by atoms with Crippen molar-refractivity contribution >= 4 is 56.9 Å². The molecule has 0 fully saturated rings. The summed E-state index contributed by atoms with van der Waals surface area (Å²) in [4.78, 5) is 43.2. The molecular weight excluding hydrogens is 500 g/mol. The number of amides is 1. The molecule has 5 rings (SSSR count). The molecular formula is C23H24N8O3S2. The van der Waals surface area contributed by atoms with E-state index in [2.05, 4.69) is 25.3 Å². The van der Waals surface area contributed by atoms with Gasteiger partial charge in [-0.3, -0.25) is 14.6 Å². The lowest BCUT2D eigenvalue weighted by atomic mass is 10.1. The van der Waals surface area contributed by atoms with Crippen LogP contribution in [0.4, 0.5) is 11.1 Å². The predicted molar refractivity (Wildman–Crippen MR) is 138 cm³/mol. The number of nitrogens with two attached hydrogens (primary N) is 1. The maximum atomic E-state index is 13.1. The lowest BCUT2D eigenvalue weighted by Gasteiger charge is -2.19. The molecule has 3 N–H and O–H groups in total. The number of nitrogen functional groups attached to an aromatic ring is 1. The Morgan fingerprint density at radius 2 is 2.03 bits per heavy atom. The van der Waals surface area contributed by atoms with E-state index in [0.717, 1.165) is 33.7 Å². The Kier molecular flexibility index (Phi) is 6.12. The Hall–Kier alpha value is -3.58. The van der Waals surface area contributed by atoms with Crippen molar-refractivity contribution in [2.75, 3.05) is 18.2 Å². The molecule has 5 heterocycles. The van der Waals surface area contributed by atoms with Crippen LogP contribution in [-0.4, -0.2) is 53.8 Å². The van der Waals surface area contributed by atoms with Gasteiger partial charge in [0.15, 0.2) is 16.6 Å². The number of nitrogens with one attached hydrogen (secondary N) is 1. The van der Waals surface area contributed by atoms with Crippen LogP contribution in [0.1, 0.15) is 44.8 Å². The molecule has 0 saturated carbocycles. The van der Waals surface area contributed by atoms with E-state index in [1.54, 1.807) is 24.9 Å². The molecule has 1 aliphatic heterocycles. The fraction of sp³-hybridized carbons (Fsp3) is 0.348. The second-order valence-corrected chi connectivity index (χ2v) is 10.7. The summed E-state index contributed by atoms with van der Waals surface area (Å²) in [6, 6.07) is 0. The average molecular weight is 525 g/mol. The number of hydrogen-bond donors (Lipinski definition) is 2. The number of carbonyl (C=O) groups is 2. The van der Waals surface area contributed by atoms with Gasteiger partial charge in [-0.05, 0) is 20.8 Å². The van der Waals surface area contributed by atoms with Crippen LogP contribution >= 0.6 is 23.1 Å². The van der Waals surface area contributed by atoms with Gasteiger partial charge in [-0.15, -0.1) is 0 Å². The lowest BCUT2D eigenvalue weighted by Crippen LogP contribution is -2.29. The van der Waals surface area contributed by atoms with Crippen molar-refractivity contribution in [1.82, 2.24) is 29.7 Å². The Morgan fingerprint density at radius 3 is 2.72 bits per heavy atom. The Labute approximate surface area is 214 Å². The van der Waals surface area contributed by atoms with Crippen molar-refractivity contribution in [3.8, 4) is 5.75 Å². The third-order valence-electron chi connectivity index (χ3n) is 5.97. The van der Waals surface area contributed by atoms with Crippen molar-refractivity contribution in [3.63, 3.8) is 0 Å². The number of carbonyl (C=O) groups excluding carboxylic acids is 2. The van der Waals surface area contributed by atoms with Gasteiger partial charge >= 0.3 is 0 Å². The van der Waals surface area contributed by atoms with Crippen LogP contribution in [0.3, 0.4) is 0 Å². The zero-order valence-corrected chi connectivity index (χ0v) is 22.0. The predicted octanol–water partition coefficient (Wildman–Crippen LogP) is 3.10. The van der Waals surface area contributed by atoms with Crippen molar-refractivity contribution in [3.05, 3.63) is 39.3 Å². The van der Waals surface area contributed by atoms with Crippen LogP contribution in [0.2, 0.25) is 0 Å². The third-order valence-corrected chi connectivity index (χ3v) is 8.33. The minimum Gasteiger partial charge on any atom is -0.496 e. The number of Topliss-reactive ketones (excluding diaryl/α,β-unsaturated/α-hetero) is 1. The molecule has 1 amide bonds. The van der Waals surface area contributed by atoms with E-state index in [0.29, 0.717) is 39.3 Å². The summed E-state index contributed by atoms with van der Waals surface area (Å²) in [6.07, 6.45) is 2.16. The Morgan fingerprint density at radius 1 is 1.25 bits per heavy atom. The number of rotatable bonds is 6. The summed E-state index contributed by atoms with van der Waals surface area (Å²) >= 11 is 2.49. The molecule has 1 unspecified atom stereocenters. The molecule has 0 aliphatic carbocycles. The highest BCUT2D eigenvalue weighted by Crippen LogP contribution is 2.39. The molecule has 0 radical (unpaired) electrons. The standard InChI is InChI=1S/C23H24N8O3S2/c1-9-7-25-14(10(2)17(9)34-5)8-31-19-16-13(30-31)6-15(35-21(16)29-22(24)27-19)20(33)28-23-26-11(3)18(36-23)12(4)32/h7,15H,6,8H2,1-5H3,(H2,24,27,29)(H,26,28,33). The van der Waals surface area contributed by atoms with E-state index in [1.807, 2.05) is 13.8 Å². The molecule has 0 spiro atoms. The number of pyridine rings is 1. The Bertz CT molecular complexity index is 1540. The van der Waals surface area contributed by atoms with E-state index in [4.69, 9.17) is 15.6 Å². The van der Waals surface area contributed by atoms with E-state index in [-0.39, 0.29) is 17.6 Å². The molecule has 36 heavy (non-hydrogen) atoms. The largest absolute Gasteiger partial charge is 0.496 e. The van der Waals surface area contributed by atoms with Gasteiger partial charge < -0.3 is 15.8 Å². The zero-order chi connectivity index (χ0) is 25.7. The second kappa shape index (κ2) is 9.13. The molecule has 4 aromatic rings. The van der Waals surface area contributed by atoms with Gasteiger partial charge in [0.1, 0.15) is 10.8 Å². The van der Waals surface area contributed by atoms with Crippen LogP contribution in [0.15, 0.2) is 11.2 Å². The van der Waals surface area contributed by atoms with Gasteiger partial charge in [0.05, 0.1) is 46.2 Å². The molecule has 1 atom stereocenters. The normalized spacial score (nSPS) is 14.8. The summed E-state index contributed by atoms with van der Waals surface area (Å²) in [6.45, 7) is 7.50. The van der Waals surface area contributed by atoms with Gasteiger partial charge in [0.25, 0.3) is 0 Å². The van der Waals surface area contributed by atoms with Crippen LogP contribution in [0.25, 0.3) is 11.0 Å². The van der Waals surface area contributed by atoms with Crippen molar-refractivity contribution in [2.24, 2.45) is 0 Å². The first-order chi connectivity index (χ1) is 17.2. The third kappa shape index (κ3) is 4.17. The fourth-order valence-corrected chi connectivity index (χ4v) is 6.31. The molecule has 1 aliphatic rings. The van der Waals surface area contributed by atoms with E-state index >= 15 is 0 Å². The van der Waals surface area contributed by atoms with Gasteiger partial charge in [0.2, 0.25) is 11.9 Å². The van der Waals surface area contributed by atoms with Crippen LogP contribution in [0.5, 0.6) is 5.75 Å². The number of aromatic nitrogens is 6. The van der Waals surface area contributed by atoms with Crippen LogP contribution < -0.4 is 15.8 Å². The summed E-state index contributed by atoms with van der Waals surface area (Å²) in [5.74, 6) is 0.567. The minimum absolute atomic E-state index is 0.0810. The number of methoxy groups -OCH3 is 1. The number of ether oxygens (including phenoxy) is 1.